The number of nitrogens with zero attached hydrogens (tertiary/aromatic N) is 2. The first-order valence-electron chi connectivity index (χ1n) is 9.84. The van der Waals surface area contributed by atoms with Gasteiger partial charge in [-0.15, -0.1) is 11.3 Å². The van der Waals surface area contributed by atoms with Gasteiger partial charge in [0.1, 0.15) is 21.5 Å². The summed E-state index contributed by atoms with van der Waals surface area (Å²) in [5, 5.41) is 6.24. The van der Waals surface area contributed by atoms with Crippen LogP contribution in [0, 0.1) is 18.6 Å². The Morgan fingerprint density at radius 2 is 1.90 bits per heavy atom. The number of thioether (sulfide) groups is 1. The molecule has 31 heavy (non-hydrogen) atoms. The maximum Gasteiger partial charge on any atom is 0.285 e. The predicted octanol–water partition coefficient (Wildman–Crippen LogP) is 5.48. The lowest BCUT2D eigenvalue weighted by Crippen LogP contribution is -2.41. The molecule has 0 radical (unpaired) electrons. The summed E-state index contributed by atoms with van der Waals surface area (Å²) >= 11 is 2.64. The van der Waals surface area contributed by atoms with Gasteiger partial charge in [0, 0.05) is 10.4 Å². The monoisotopic (exact) mass is 457 g/mol. The third-order valence-electron chi connectivity index (χ3n) is 5.05. The Kier molecular flexibility index (Phi) is 6.22. The number of hydrogen-bond donors (Lipinski definition) is 1. The molecular formula is C23H21F2N3OS2. The Morgan fingerprint density at radius 3 is 2.58 bits per heavy atom. The van der Waals surface area contributed by atoms with Crippen molar-refractivity contribution in [1.82, 2.24) is 5.01 Å². The highest BCUT2D eigenvalue weighted by Crippen LogP contribution is 2.51. The van der Waals surface area contributed by atoms with Gasteiger partial charge in [0.25, 0.3) is 5.91 Å². The zero-order chi connectivity index (χ0) is 22.0. The van der Waals surface area contributed by atoms with Crippen molar-refractivity contribution in [2.75, 3.05) is 6.54 Å². The molecule has 1 amide bonds. The molecule has 0 spiro atoms. The van der Waals surface area contributed by atoms with Crippen LogP contribution >= 0.6 is 23.1 Å². The second kappa shape index (κ2) is 8.90. The SMILES string of the molecule is Cc1ccc(C(=O)N2N=C(c3cc(F)ccc3F)SC2(CCCN)c2ccccc2)s1. The Labute approximate surface area is 187 Å². The van der Waals surface area contributed by atoms with E-state index in [-0.39, 0.29) is 16.5 Å². The number of benzene rings is 2. The van der Waals surface area contributed by atoms with Crippen LogP contribution in [-0.4, -0.2) is 22.5 Å². The molecule has 1 aliphatic heterocycles. The highest BCUT2D eigenvalue weighted by Gasteiger charge is 2.49. The van der Waals surface area contributed by atoms with Crippen LogP contribution in [0.3, 0.4) is 0 Å². The molecule has 8 heteroatoms. The molecule has 0 bridgehead atoms. The number of halogens is 2. The predicted molar refractivity (Wildman–Crippen MR) is 122 cm³/mol. The van der Waals surface area contributed by atoms with Crippen LogP contribution in [0.5, 0.6) is 0 Å². The Morgan fingerprint density at radius 1 is 1.13 bits per heavy atom. The van der Waals surface area contributed by atoms with Gasteiger partial charge in [-0.1, -0.05) is 42.1 Å². The summed E-state index contributed by atoms with van der Waals surface area (Å²) in [6.45, 7) is 2.36. The minimum Gasteiger partial charge on any atom is -0.330 e. The highest BCUT2D eigenvalue weighted by atomic mass is 32.2. The first kappa shape index (κ1) is 21.7. The number of amides is 1. The molecule has 4 rings (SSSR count). The number of hydrogen-bond acceptors (Lipinski definition) is 5. The van der Waals surface area contributed by atoms with E-state index in [9.17, 15) is 13.6 Å². The number of nitrogens with two attached hydrogens (primary N) is 1. The topological polar surface area (TPSA) is 58.7 Å². The minimum atomic E-state index is -0.913. The van der Waals surface area contributed by atoms with Crippen LogP contribution in [0.1, 0.15) is 38.5 Å². The van der Waals surface area contributed by atoms with Crippen molar-refractivity contribution in [3.63, 3.8) is 0 Å². The third-order valence-corrected chi connectivity index (χ3v) is 7.48. The number of carbonyl (C=O) groups is 1. The molecule has 2 N–H and O–H groups in total. The summed E-state index contributed by atoms with van der Waals surface area (Å²) < 4.78 is 28.5. The van der Waals surface area contributed by atoms with E-state index >= 15 is 0 Å². The molecule has 1 atom stereocenters. The van der Waals surface area contributed by atoms with Gasteiger partial charge in [0.2, 0.25) is 0 Å². The summed E-state index contributed by atoms with van der Waals surface area (Å²) in [5.41, 5.74) is 6.70. The van der Waals surface area contributed by atoms with Crippen LogP contribution in [0.15, 0.2) is 65.8 Å². The van der Waals surface area contributed by atoms with Crippen LogP contribution in [0.2, 0.25) is 0 Å². The Balaban J connectivity index is 1.87. The summed E-state index contributed by atoms with van der Waals surface area (Å²) in [6.07, 6.45) is 1.14. The summed E-state index contributed by atoms with van der Waals surface area (Å²) in [7, 11) is 0. The van der Waals surface area contributed by atoms with Crippen LogP contribution in [0.4, 0.5) is 8.78 Å². The number of carbonyl (C=O) groups excluding carboxylic acids is 1. The van der Waals surface area contributed by atoms with E-state index in [0.29, 0.717) is 24.3 Å². The molecule has 1 aliphatic rings. The fraction of sp³-hybridized carbons (Fsp3) is 0.217. The van der Waals surface area contributed by atoms with Gasteiger partial charge in [-0.05, 0) is 62.2 Å². The number of rotatable bonds is 6. The van der Waals surface area contributed by atoms with E-state index in [1.807, 2.05) is 43.3 Å². The standard InChI is InChI=1S/C23H21F2N3OS2/c1-15-8-11-20(30-15)22(29)28-23(12-5-13-26,16-6-3-2-4-7-16)31-21(27-28)18-14-17(24)9-10-19(18)25/h2-4,6-11,14H,5,12-13,26H2,1H3. The van der Waals surface area contributed by atoms with E-state index in [1.165, 1.54) is 28.1 Å². The molecule has 0 aliphatic carbocycles. The van der Waals surface area contributed by atoms with Gasteiger partial charge < -0.3 is 5.73 Å². The molecule has 0 saturated heterocycles. The largest absolute Gasteiger partial charge is 0.330 e. The molecule has 3 aromatic rings. The fourth-order valence-electron chi connectivity index (χ4n) is 3.55. The van der Waals surface area contributed by atoms with Gasteiger partial charge in [-0.3, -0.25) is 4.79 Å². The van der Waals surface area contributed by atoms with Crippen molar-refractivity contribution in [3.05, 3.63) is 93.2 Å². The Hall–Kier alpha value is -2.55. The van der Waals surface area contributed by atoms with E-state index in [1.54, 1.807) is 6.07 Å². The number of thiophene rings is 1. The van der Waals surface area contributed by atoms with Gasteiger partial charge in [0.15, 0.2) is 0 Å². The molecule has 0 saturated carbocycles. The van der Waals surface area contributed by atoms with Crippen molar-refractivity contribution >= 4 is 34.0 Å². The molecule has 2 aromatic carbocycles. The number of aryl methyl sites for hydroxylation is 1. The van der Waals surface area contributed by atoms with Crippen molar-refractivity contribution in [3.8, 4) is 0 Å². The lowest BCUT2D eigenvalue weighted by Gasteiger charge is -2.35. The molecular weight excluding hydrogens is 436 g/mol. The zero-order valence-corrected chi connectivity index (χ0v) is 18.5. The van der Waals surface area contributed by atoms with E-state index < -0.39 is 16.5 Å². The Bertz CT molecular complexity index is 1130. The van der Waals surface area contributed by atoms with Gasteiger partial charge in [0.05, 0.1) is 4.88 Å². The van der Waals surface area contributed by atoms with Gasteiger partial charge in [-0.25, -0.2) is 13.8 Å². The lowest BCUT2D eigenvalue weighted by atomic mass is 10.00. The van der Waals surface area contributed by atoms with Gasteiger partial charge >= 0.3 is 0 Å². The van der Waals surface area contributed by atoms with E-state index in [0.717, 1.165) is 28.6 Å². The molecule has 2 heterocycles. The fourth-order valence-corrected chi connectivity index (χ4v) is 5.76. The van der Waals surface area contributed by atoms with Crippen molar-refractivity contribution in [1.29, 1.82) is 0 Å². The van der Waals surface area contributed by atoms with E-state index in [4.69, 9.17) is 5.73 Å². The summed E-state index contributed by atoms with van der Waals surface area (Å²) in [6, 6.07) is 16.4. The van der Waals surface area contributed by atoms with Crippen molar-refractivity contribution < 1.29 is 13.6 Å². The molecule has 0 fully saturated rings. The quantitative estimate of drug-likeness (QED) is 0.533. The minimum absolute atomic E-state index is 0.0377. The zero-order valence-electron chi connectivity index (χ0n) is 16.8. The first-order chi connectivity index (χ1) is 14.9. The van der Waals surface area contributed by atoms with Gasteiger partial charge in [-0.2, -0.15) is 5.10 Å². The molecule has 160 valence electrons. The first-order valence-corrected chi connectivity index (χ1v) is 11.5. The maximum atomic E-state index is 14.6. The van der Waals surface area contributed by atoms with Crippen molar-refractivity contribution in [2.45, 2.75) is 24.6 Å². The molecule has 1 aromatic heterocycles. The average molecular weight is 458 g/mol. The van der Waals surface area contributed by atoms with E-state index in [2.05, 4.69) is 5.10 Å². The average Bonchev–Trinajstić information content (AvgIpc) is 3.39. The summed E-state index contributed by atoms with van der Waals surface area (Å²) in [5.74, 6) is -1.43. The molecule has 4 nitrogen and oxygen atoms in total. The van der Waals surface area contributed by atoms with Crippen LogP contribution < -0.4 is 5.73 Å². The smallest absolute Gasteiger partial charge is 0.285 e. The maximum absolute atomic E-state index is 14.6. The molecule has 1 unspecified atom stereocenters. The second-order valence-corrected chi connectivity index (χ2v) is 9.76. The van der Waals surface area contributed by atoms with Crippen LogP contribution in [-0.2, 0) is 4.87 Å². The third kappa shape index (κ3) is 4.15. The van der Waals surface area contributed by atoms with Crippen molar-refractivity contribution in [2.24, 2.45) is 10.8 Å². The van der Waals surface area contributed by atoms with Crippen LogP contribution in [0.25, 0.3) is 0 Å². The number of hydrazone groups is 1. The second-order valence-electron chi connectivity index (χ2n) is 7.20. The summed E-state index contributed by atoms with van der Waals surface area (Å²) in [4.78, 5) is 14.2. The lowest BCUT2D eigenvalue weighted by molar-refractivity contribution is 0.0643. The highest BCUT2D eigenvalue weighted by molar-refractivity contribution is 8.15. The normalized spacial score (nSPS) is 18.3.